The molecule has 0 unspecified atom stereocenters. The van der Waals surface area contributed by atoms with Gasteiger partial charge in [0.25, 0.3) is 0 Å². The van der Waals surface area contributed by atoms with Crippen LogP contribution in [0.1, 0.15) is 29.7 Å². The van der Waals surface area contributed by atoms with Crippen molar-refractivity contribution in [3.63, 3.8) is 0 Å². The number of aryl methyl sites for hydroxylation is 2. The van der Waals surface area contributed by atoms with E-state index in [1.807, 2.05) is 6.92 Å². The minimum absolute atomic E-state index is 0.0187. The number of amides is 2. The number of urea groups is 1. The molecule has 1 saturated heterocycles. The van der Waals surface area contributed by atoms with Crippen LogP contribution >= 0.6 is 0 Å². The summed E-state index contributed by atoms with van der Waals surface area (Å²) >= 11 is 0. The number of rotatable bonds is 4. The molecule has 0 saturated carbocycles. The number of morpholine rings is 1. The standard InChI is InChI=1S/C17H26N2O3/c1-12-7-13(2)9-15(8-12)14(3)18-17(20)19-5-6-22-16(10-19)11-21-4/h7-9,14,16H,5-6,10-11H2,1-4H3,(H,18,20)/t14-,16+/m0/s1. The third-order valence-electron chi connectivity index (χ3n) is 3.86. The van der Waals surface area contributed by atoms with Crippen molar-refractivity contribution in [1.29, 1.82) is 0 Å². The molecular formula is C17H26N2O3. The molecule has 1 heterocycles. The van der Waals surface area contributed by atoms with Crippen molar-refractivity contribution < 1.29 is 14.3 Å². The van der Waals surface area contributed by atoms with E-state index in [1.54, 1.807) is 12.0 Å². The Labute approximate surface area is 132 Å². The zero-order valence-electron chi connectivity index (χ0n) is 13.9. The van der Waals surface area contributed by atoms with Crippen molar-refractivity contribution in [3.8, 4) is 0 Å². The summed E-state index contributed by atoms with van der Waals surface area (Å²) in [6.45, 7) is 8.41. The molecule has 5 heteroatoms. The molecule has 1 aromatic carbocycles. The maximum Gasteiger partial charge on any atom is 0.318 e. The largest absolute Gasteiger partial charge is 0.382 e. The average Bonchev–Trinajstić information content (AvgIpc) is 2.46. The predicted octanol–water partition coefficient (Wildman–Crippen LogP) is 2.42. The molecule has 0 bridgehead atoms. The van der Waals surface area contributed by atoms with Gasteiger partial charge in [-0.2, -0.15) is 0 Å². The van der Waals surface area contributed by atoms with Crippen LogP contribution in [-0.4, -0.2) is 50.4 Å². The number of nitrogens with zero attached hydrogens (tertiary/aromatic N) is 1. The van der Waals surface area contributed by atoms with Gasteiger partial charge in [-0.25, -0.2) is 4.79 Å². The fourth-order valence-electron chi connectivity index (χ4n) is 2.81. The van der Waals surface area contributed by atoms with Gasteiger partial charge in [-0.15, -0.1) is 0 Å². The SMILES string of the molecule is COC[C@H]1CN(C(=O)N[C@@H](C)c2cc(C)cc(C)c2)CCO1. The molecule has 1 N–H and O–H groups in total. The molecule has 0 aromatic heterocycles. The number of carbonyl (C=O) groups excluding carboxylic acids is 1. The Hall–Kier alpha value is -1.59. The summed E-state index contributed by atoms with van der Waals surface area (Å²) in [5.74, 6) is 0. The van der Waals surface area contributed by atoms with Crippen molar-refractivity contribution in [2.45, 2.75) is 32.9 Å². The Morgan fingerprint density at radius 1 is 1.41 bits per heavy atom. The van der Waals surface area contributed by atoms with E-state index in [1.165, 1.54) is 11.1 Å². The topological polar surface area (TPSA) is 50.8 Å². The summed E-state index contributed by atoms with van der Waals surface area (Å²) in [6.07, 6.45) is -0.0407. The predicted molar refractivity (Wildman–Crippen MR) is 86.1 cm³/mol. The van der Waals surface area contributed by atoms with E-state index in [-0.39, 0.29) is 18.2 Å². The third kappa shape index (κ3) is 4.45. The molecule has 22 heavy (non-hydrogen) atoms. The first kappa shape index (κ1) is 16.8. The molecule has 5 nitrogen and oxygen atoms in total. The van der Waals surface area contributed by atoms with E-state index in [2.05, 4.69) is 37.4 Å². The van der Waals surface area contributed by atoms with E-state index in [0.717, 1.165) is 5.56 Å². The van der Waals surface area contributed by atoms with Gasteiger partial charge in [-0.05, 0) is 26.3 Å². The molecule has 1 aliphatic heterocycles. The molecule has 2 atom stereocenters. The van der Waals surface area contributed by atoms with Gasteiger partial charge < -0.3 is 19.7 Å². The lowest BCUT2D eigenvalue weighted by molar-refractivity contribution is -0.0496. The second-order valence-corrected chi connectivity index (χ2v) is 5.99. The first-order valence-corrected chi connectivity index (χ1v) is 7.73. The number of carbonyl (C=O) groups is 1. The van der Waals surface area contributed by atoms with Gasteiger partial charge in [0.1, 0.15) is 0 Å². The van der Waals surface area contributed by atoms with Gasteiger partial charge >= 0.3 is 6.03 Å². The van der Waals surface area contributed by atoms with Crippen LogP contribution in [0.4, 0.5) is 4.79 Å². The van der Waals surface area contributed by atoms with Crippen LogP contribution in [0.2, 0.25) is 0 Å². The first-order valence-electron chi connectivity index (χ1n) is 7.73. The normalized spacial score (nSPS) is 19.8. The van der Waals surface area contributed by atoms with Gasteiger partial charge in [-0.3, -0.25) is 0 Å². The van der Waals surface area contributed by atoms with Crippen molar-refractivity contribution in [1.82, 2.24) is 10.2 Å². The second kappa shape index (κ2) is 7.61. The Balaban J connectivity index is 1.95. The smallest absolute Gasteiger partial charge is 0.318 e. The summed E-state index contributed by atoms with van der Waals surface area (Å²) in [5, 5.41) is 3.07. The molecule has 1 aromatic rings. The monoisotopic (exact) mass is 306 g/mol. The van der Waals surface area contributed by atoms with Crippen LogP contribution in [0, 0.1) is 13.8 Å². The Morgan fingerprint density at radius 3 is 2.73 bits per heavy atom. The van der Waals surface area contributed by atoms with Crippen LogP contribution in [0.3, 0.4) is 0 Å². The molecule has 2 rings (SSSR count). The molecule has 0 aliphatic carbocycles. The number of nitrogens with one attached hydrogen (secondary N) is 1. The second-order valence-electron chi connectivity index (χ2n) is 5.99. The highest BCUT2D eigenvalue weighted by Crippen LogP contribution is 2.17. The van der Waals surface area contributed by atoms with Crippen LogP contribution in [-0.2, 0) is 9.47 Å². The van der Waals surface area contributed by atoms with Crippen molar-refractivity contribution in [2.75, 3.05) is 33.4 Å². The van der Waals surface area contributed by atoms with E-state index in [4.69, 9.17) is 9.47 Å². The highest BCUT2D eigenvalue weighted by molar-refractivity contribution is 5.74. The van der Waals surface area contributed by atoms with Crippen LogP contribution in [0.25, 0.3) is 0 Å². The van der Waals surface area contributed by atoms with Gasteiger partial charge in [0.05, 0.1) is 31.9 Å². The van der Waals surface area contributed by atoms with E-state index in [0.29, 0.717) is 26.3 Å². The van der Waals surface area contributed by atoms with Gasteiger partial charge in [0, 0.05) is 13.7 Å². The van der Waals surface area contributed by atoms with Gasteiger partial charge in [0.2, 0.25) is 0 Å². The van der Waals surface area contributed by atoms with Crippen LogP contribution in [0.5, 0.6) is 0 Å². The molecule has 0 spiro atoms. The van der Waals surface area contributed by atoms with E-state index in [9.17, 15) is 4.79 Å². The molecule has 1 aliphatic rings. The molecule has 0 radical (unpaired) electrons. The quantitative estimate of drug-likeness (QED) is 0.929. The molecule has 1 fully saturated rings. The Morgan fingerprint density at radius 2 is 2.09 bits per heavy atom. The number of methoxy groups -OCH3 is 1. The number of hydrogen-bond donors (Lipinski definition) is 1. The Bertz CT molecular complexity index is 496. The number of ether oxygens (including phenoxy) is 2. The molecule has 2 amide bonds. The lowest BCUT2D eigenvalue weighted by Crippen LogP contribution is -2.51. The molecular weight excluding hydrogens is 280 g/mol. The number of benzene rings is 1. The highest BCUT2D eigenvalue weighted by atomic mass is 16.5. The number of hydrogen-bond acceptors (Lipinski definition) is 3. The van der Waals surface area contributed by atoms with E-state index >= 15 is 0 Å². The van der Waals surface area contributed by atoms with Crippen molar-refractivity contribution in [3.05, 3.63) is 34.9 Å². The minimum atomic E-state index is -0.0453. The zero-order chi connectivity index (χ0) is 16.1. The fourth-order valence-corrected chi connectivity index (χ4v) is 2.81. The molecule has 122 valence electrons. The summed E-state index contributed by atoms with van der Waals surface area (Å²) in [5.41, 5.74) is 3.55. The maximum atomic E-state index is 12.4. The van der Waals surface area contributed by atoms with Crippen LogP contribution < -0.4 is 5.32 Å². The lowest BCUT2D eigenvalue weighted by atomic mass is 10.0. The van der Waals surface area contributed by atoms with Crippen molar-refractivity contribution in [2.24, 2.45) is 0 Å². The maximum absolute atomic E-state index is 12.4. The zero-order valence-corrected chi connectivity index (χ0v) is 13.9. The minimum Gasteiger partial charge on any atom is -0.382 e. The summed E-state index contributed by atoms with van der Waals surface area (Å²) in [7, 11) is 1.64. The summed E-state index contributed by atoms with van der Waals surface area (Å²) in [6, 6.07) is 6.30. The summed E-state index contributed by atoms with van der Waals surface area (Å²) in [4.78, 5) is 14.2. The van der Waals surface area contributed by atoms with Gasteiger partial charge in [0.15, 0.2) is 0 Å². The highest BCUT2D eigenvalue weighted by Gasteiger charge is 2.25. The fraction of sp³-hybridized carbons (Fsp3) is 0.588. The Kier molecular flexibility index (Phi) is 5.80. The van der Waals surface area contributed by atoms with Gasteiger partial charge in [-0.1, -0.05) is 29.3 Å². The average molecular weight is 306 g/mol. The summed E-state index contributed by atoms with van der Waals surface area (Å²) < 4.78 is 10.7. The lowest BCUT2D eigenvalue weighted by Gasteiger charge is -2.33. The third-order valence-corrected chi connectivity index (χ3v) is 3.86. The van der Waals surface area contributed by atoms with E-state index < -0.39 is 0 Å². The van der Waals surface area contributed by atoms with Crippen LogP contribution in [0.15, 0.2) is 18.2 Å². The first-order chi connectivity index (χ1) is 10.5. The van der Waals surface area contributed by atoms with Crippen molar-refractivity contribution >= 4 is 6.03 Å².